The molecule has 1 fully saturated rings. The van der Waals surface area contributed by atoms with E-state index in [0.717, 1.165) is 25.2 Å². The van der Waals surface area contributed by atoms with Gasteiger partial charge in [0.2, 0.25) is 0 Å². The molecular weight excluding hydrogens is 228 g/mol. The Hall–Kier alpha value is -1.62. The highest BCUT2D eigenvalue weighted by Crippen LogP contribution is 2.20. The fraction of sp³-hybridized carbons (Fsp3) is 0.538. The van der Waals surface area contributed by atoms with Gasteiger partial charge in [0, 0.05) is 32.4 Å². The predicted molar refractivity (Wildman–Crippen MR) is 71.8 cm³/mol. The van der Waals surface area contributed by atoms with Gasteiger partial charge in [0.25, 0.3) is 5.91 Å². The van der Waals surface area contributed by atoms with E-state index in [-0.39, 0.29) is 5.91 Å². The average Bonchev–Trinajstić information content (AvgIpc) is 2.87. The number of nitrogens with zero attached hydrogens (tertiary/aromatic N) is 3. The highest BCUT2D eigenvalue weighted by Gasteiger charge is 2.28. The Morgan fingerprint density at radius 3 is 2.94 bits per heavy atom. The van der Waals surface area contributed by atoms with Gasteiger partial charge in [0.15, 0.2) is 0 Å². The zero-order valence-electron chi connectivity index (χ0n) is 11.2. The Morgan fingerprint density at radius 2 is 2.33 bits per heavy atom. The summed E-state index contributed by atoms with van der Waals surface area (Å²) in [6.45, 7) is 1.63. The van der Waals surface area contributed by atoms with Gasteiger partial charge < -0.3 is 15.1 Å². The summed E-state index contributed by atoms with van der Waals surface area (Å²) in [6, 6.07) is 2.24. The lowest BCUT2D eigenvalue weighted by molar-refractivity contribution is 0.0784. The van der Waals surface area contributed by atoms with Crippen LogP contribution in [0.4, 0.5) is 5.69 Å². The summed E-state index contributed by atoms with van der Waals surface area (Å²) in [5, 5.41) is 3.01. The molecule has 98 valence electrons. The summed E-state index contributed by atoms with van der Waals surface area (Å²) in [5.74, 6) is 0.0890. The van der Waals surface area contributed by atoms with Crippen LogP contribution in [0.1, 0.15) is 16.8 Å². The molecule has 0 aliphatic carbocycles. The van der Waals surface area contributed by atoms with E-state index in [0.29, 0.717) is 11.6 Å². The fourth-order valence-corrected chi connectivity index (χ4v) is 2.30. The normalized spacial score (nSPS) is 19.3. The van der Waals surface area contributed by atoms with E-state index in [1.165, 1.54) is 0 Å². The SMILES string of the molecule is CNc1cnccc1C(=O)N1CCC(N(C)C)C1. The molecule has 1 unspecified atom stereocenters. The van der Waals surface area contributed by atoms with Crippen molar-refractivity contribution in [1.29, 1.82) is 0 Å². The number of aromatic nitrogens is 1. The van der Waals surface area contributed by atoms with E-state index in [4.69, 9.17) is 0 Å². The lowest BCUT2D eigenvalue weighted by atomic mass is 10.2. The van der Waals surface area contributed by atoms with E-state index in [2.05, 4.69) is 29.3 Å². The molecule has 5 heteroatoms. The Morgan fingerprint density at radius 1 is 1.56 bits per heavy atom. The molecule has 1 saturated heterocycles. The van der Waals surface area contributed by atoms with E-state index >= 15 is 0 Å². The van der Waals surface area contributed by atoms with Gasteiger partial charge in [-0.05, 0) is 26.6 Å². The van der Waals surface area contributed by atoms with Crippen LogP contribution in [0.25, 0.3) is 0 Å². The first-order chi connectivity index (χ1) is 8.63. The van der Waals surface area contributed by atoms with Gasteiger partial charge in [-0.15, -0.1) is 0 Å². The van der Waals surface area contributed by atoms with Gasteiger partial charge in [-0.2, -0.15) is 0 Å². The van der Waals surface area contributed by atoms with Crippen molar-refractivity contribution in [2.45, 2.75) is 12.5 Å². The largest absolute Gasteiger partial charge is 0.386 e. The molecule has 5 nitrogen and oxygen atoms in total. The molecule has 0 saturated carbocycles. The standard InChI is InChI=1S/C13H20N4O/c1-14-12-8-15-6-4-11(12)13(18)17-7-5-10(9-17)16(2)3/h4,6,8,10,14H,5,7,9H2,1-3H3. The van der Waals surface area contributed by atoms with Gasteiger partial charge in [-0.1, -0.05) is 0 Å². The zero-order valence-corrected chi connectivity index (χ0v) is 11.2. The third kappa shape index (κ3) is 2.46. The van der Waals surface area contributed by atoms with Crippen molar-refractivity contribution in [3.63, 3.8) is 0 Å². The third-order valence-electron chi connectivity index (χ3n) is 3.50. The first-order valence-electron chi connectivity index (χ1n) is 6.21. The van der Waals surface area contributed by atoms with Crippen molar-refractivity contribution >= 4 is 11.6 Å². The maximum Gasteiger partial charge on any atom is 0.256 e. The lowest BCUT2D eigenvalue weighted by Crippen LogP contribution is -2.34. The van der Waals surface area contributed by atoms with E-state index in [1.807, 2.05) is 4.90 Å². The number of hydrogen-bond donors (Lipinski definition) is 1. The Bertz CT molecular complexity index is 433. The molecule has 0 aromatic carbocycles. The minimum Gasteiger partial charge on any atom is -0.386 e. The molecule has 1 aliphatic rings. The van der Waals surface area contributed by atoms with Crippen LogP contribution in [-0.2, 0) is 0 Å². The van der Waals surface area contributed by atoms with Crippen LogP contribution < -0.4 is 5.32 Å². The van der Waals surface area contributed by atoms with Gasteiger partial charge in [0.1, 0.15) is 0 Å². The fourth-order valence-electron chi connectivity index (χ4n) is 2.30. The van der Waals surface area contributed by atoms with Crippen LogP contribution in [0.15, 0.2) is 18.5 Å². The first kappa shape index (κ1) is 12.8. The molecule has 1 aromatic heterocycles. The van der Waals surface area contributed by atoms with Gasteiger partial charge in [-0.25, -0.2) is 0 Å². The molecule has 1 aromatic rings. The highest BCUT2D eigenvalue weighted by molar-refractivity contribution is 5.99. The number of anilines is 1. The number of likely N-dealkylation sites (N-methyl/N-ethyl adjacent to an activating group) is 1. The summed E-state index contributed by atoms with van der Waals surface area (Å²) in [6.07, 6.45) is 4.39. The second kappa shape index (κ2) is 5.35. The molecular formula is C13H20N4O. The molecule has 0 radical (unpaired) electrons. The molecule has 2 rings (SSSR count). The van der Waals surface area contributed by atoms with Crippen LogP contribution in [0.5, 0.6) is 0 Å². The zero-order chi connectivity index (χ0) is 13.1. The number of amides is 1. The van der Waals surface area contributed by atoms with Crippen molar-refractivity contribution in [3.05, 3.63) is 24.0 Å². The van der Waals surface area contributed by atoms with E-state index < -0.39 is 0 Å². The van der Waals surface area contributed by atoms with Crippen molar-refractivity contribution < 1.29 is 4.79 Å². The molecule has 18 heavy (non-hydrogen) atoms. The molecule has 1 amide bonds. The van der Waals surface area contributed by atoms with Gasteiger partial charge >= 0.3 is 0 Å². The maximum absolute atomic E-state index is 12.4. The summed E-state index contributed by atoms with van der Waals surface area (Å²) >= 11 is 0. The quantitative estimate of drug-likeness (QED) is 0.863. The van der Waals surface area contributed by atoms with Gasteiger partial charge in [0.05, 0.1) is 17.4 Å². The first-order valence-corrected chi connectivity index (χ1v) is 6.21. The Kier molecular flexibility index (Phi) is 3.81. The topological polar surface area (TPSA) is 48.5 Å². The Balaban J connectivity index is 2.13. The minimum atomic E-state index is 0.0890. The van der Waals surface area contributed by atoms with E-state index in [9.17, 15) is 4.79 Å². The summed E-state index contributed by atoms with van der Waals surface area (Å²) < 4.78 is 0. The average molecular weight is 248 g/mol. The summed E-state index contributed by atoms with van der Waals surface area (Å²) in [7, 11) is 5.93. The molecule has 2 heterocycles. The Labute approximate surface area is 108 Å². The number of carbonyl (C=O) groups excluding carboxylic acids is 1. The molecule has 1 aliphatic heterocycles. The number of carbonyl (C=O) groups is 1. The van der Waals surface area contributed by atoms with Crippen LogP contribution in [0.3, 0.4) is 0 Å². The predicted octanol–water partition coefficient (Wildman–Crippen LogP) is 0.899. The molecule has 0 spiro atoms. The van der Waals surface area contributed by atoms with Crippen LogP contribution in [0.2, 0.25) is 0 Å². The van der Waals surface area contributed by atoms with E-state index in [1.54, 1.807) is 25.5 Å². The second-order valence-corrected chi connectivity index (χ2v) is 4.83. The van der Waals surface area contributed by atoms with Gasteiger partial charge in [-0.3, -0.25) is 9.78 Å². The monoisotopic (exact) mass is 248 g/mol. The van der Waals surface area contributed by atoms with Crippen LogP contribution in [0, 0.1) is 0 Å². The number of hydrogen-bond acceptors (Lipinski definition) is 4. The summed E-state index contributed by atoms with van der Waals surface area (Å²) in [5.41, 5.74) is 1.49. The van der Waals surface area contributed by atoms with Crippen molar-refractivity contribution in [3.8, 4) is 0 Å². The lowest BCUT2D eigenvalue weighted by Gasteiger charge is -2.21. The smallest absolute Gasteiger partial charge is 0.256 e. The number of rotatable bonds is 3. The minimum absolute atomic E-state index is 0.0890. The van der Waals surface area contributed by atoms with Crippen molar-refractivity contribution in [2.24, 2.45) is 0 Å². The number of nitrogens with one attached hydrogen (secondary N) is 1. The van der Waals surface area contributed by atoms with Crippen molar-refractivity contribution in [1.82, 2.24) is 14.8 Å². The number of likely N-dealkylation sites (tertiary alicyclic amines) is 1. The third-order valence-corrected chi connectivity index (χ3v) is 3.50. The molecule has 1 N–H and O–H groups in total. The summed E-state index contributed by atoms with van der Waals surface area (Å²) in [4.78, 5) is 20.6. The number of pyridine rings is 1. The highest BCUT2D eigenvalue weighted by atomic mass is 16.2. The maximum atomic E-state index is 12.4. The van der Waals surface area contributed by atoms with Crippen LogP contribution in [-0.4, -0.2) is 61.0 Å². The molecule has 0 bridgehead atoms. The second-order valence-electron chi connectivity index (χ2n) is 4.83. The molecule has 1 atom stereocenters. The van der Waals surface area contributed by atoms with Crippen LogP contribution >= 0.6 is 0 Å². The van der Waals surface area contributed by atoms with Crippen molar-refractivity contribution in [2.75, 3.05) is 39.5 Å².